The molecule has 0 aromatic carbocycles. The molecule has 1 aromatic rings. The van der Waals surface area contributed by atoms with Crippen molar-refractivity contribution >= 4 is 6.03 Å². The van der Waals surface area contributed by atoms with Crippen molar-refractivity contribution < 1.29 is 9.53 Å². The molecule has 6 heteroatoms. The van der Waals surface area contributed by atoms with Gasteiger partial charge in [0.05, 0.1) is 6.10 Å². The molecule has 1 atom stereocenters. The molecule has 0 radical (unpaired) electrons. The molecule has 3 rings (SSSR count). The SMILES string of the molecule is O=C(N1CCCN(CC2CCCO2)CC1)n1ccnc1. The summed E-state index contributed by atoms with van der Waals surface area (Å²) in [5.74, 6) is 0. The number of hydrogen-bond acceptors (Lipinski definition) is 4. The zero-order chi connectivity index (χ0) is 13.8. The van der Waals surface area contributed by atoms with Crippen LogP contribution in [-0.2, 0) is 4.74 Å². The summed E-state index contributed by atoms with van der Waals surface area (Å²) < 4.78 is 7.25. The summed E-state index contributed by atoms with van der Waals surface area (Å²) in [6.45, 7) is 5.49. The highest BCUT2D eigenvalue weighted by Crippen LogP contribution is 2.14. The van der Waals surface area contributed by atoms with Crippen LogP contribution in [0.4, 0.5) is 4.79 Å². The Hall–Kier alpha value is -1.40. The highest BCUT2D eigenvalue weighted by Gasteiger charge is 2.23. The number of hydrogen-bond donors (Lipinski definition) is 0. The summed E-state index contributed by atoms with van der Waals surface area (Å²) in [4.78, 5) is 20.5. The first-order valence-electron chi connectivity index (χ1n) is 7.44. The average molecular weight is 278 g/mol. The van der Waals surface area contributed by atoms with Crippen LogP contribution in [-0.4, -0.2) is 70.8 Å². The van der Waals surface area contributed by atoms with E-state index in [9.17, 15) is 4.79 Å². The predicted molar refractivity (Wildman–Crippen MR) is 74.6 cm³/mol. The second-order valence-electron chi connectivity index (χ2n) is 5.53. The van der Waals surface area contributed by atoms with Crippen molar-refractivity contribution in [1.82, 2.24) is 19.4 Å². The average Bonchev–Trinajstić information content (AvgIpc) is 3.10. The molecule has 1 aromatic heterocycles. The van der Waals surface area contributed by atoms with Gasteiger partial charge in [-0.05, 0) is 25.8 Å². The highest BCUT2D eigenvalue weighted by molar-refractivity contribution is 5.76. The fraction of sp³-hybridized carbons (Fsp3) is 0.714. The molecule has 0 aliphatic carbocycles. The van der Waals surface area contributed by atoms with E-state index in [2.05, 4.69) is 9.88 Å². The Morgan fingerprint density at radius 1 is 1.25 bits per heavy atom. The Morgan fingerprint density at radius 2 is 2.20 bits per heavy atom. The molecule has 2 aliphatic heterocycles. The van der Waals surface area contributed by atoms with Crippen molar-refractivity contribution in [3.63, 3.8) is 0 Å². The lowest BCUT2D eigenvalue weighted by Crippen LogP contribution is -2.39. The monoisotopic (exact) mass is 278 g/mol. The summed E-state index contributed by atoms with van der Waals surface area (Å²) in [6.07, 6.45) is 8.69. The molecular weight excluding hydrogens is 256 g/mol. The molecule has 110 valence electrons. The first-order chi connectivity index (χ1) is 9.83. The number of amides is 1. The van der Waals surface area contributed by atoms with Gasteiger partial charge in [0.25, 0.3) is 0 Å². The van der Waals surface area contributed by atoms with Gasteiger partial charge in [0.2, 0.25) is 0 Å². The zero-order valence-corrected chi connectivity index (χ0v) is 11.8. The predicted octanol–water partition coefficient (Wildman–Crippen LogP) is 1.04. The van der Waals surface area contributed by atoms with Crippen LogP contribution in [0.15, 0.2) is 18.7 Å². The maximum Gasteiger partial charge on any atom is 0.329 e. The van der Waals surface area contributed by atoms with Crippen LogP contribution in [0, 0.1) is 0 Å². The fourth-order valence-electron chi connectivity index (χ4n) is 2.96. The molecular formula is C14H22N4O2. The minimum absolute atomic E-state index is 0.0291. The van der Waals surface area contributed by atoms with E-state index in [0.29, 0.717) is 6.10 Å². The first kappa shape index (κ1) is 13.6. The van der Waals surface area contributed by atoms with Crippen LogP contribution >= 0.6 is 0 Å². The number of rotatable bonds is 2. The van der Waals surface area contributed by atoms with Crippen LogP contribution < -0.4 is 0 Å². The largest absolute Gasteiger partial charge is 0.377 e. The fourth-order valence-corrected chi connectivity index (χ4v) is 2.96. The summed E-state index contributed by atoms with van der Waals surface area (Å²) >= 11 is 0. The Bertz CT molecular complexity index is 428. The quantitative estimate of drug-likeness (QED) is 0.811. The van der Waals surface area contributed by atoms with Gasteiger partial charge in [-0.1, -0.05) is 0 Å². The molecule has 0 saturated carbocycles. The number of aromatic nitrogens is 2. The van der Waals surface area contributed by atoms with E-state index in [1.807, 2.05) is 4.90 Å². The lowest BCUT2D eigenvalue weighted by molar-refractivity contribution is 0.0746. The third kappa shape index (κ3) is 3.19. The number of carbonyl (C=O) groups is 1. The lowest BCUT2D eigenvalue weighted by atomic mass is 10.2. The smallest absolute Gasteiger partial charge is 0.329 e. The molecule has 2 saturated heterocycles. The number of ether oxygens (including phenoxy) is 1. The van der Waals surface area contributed by atoms with E-state index in [1.165, 1.54) is 12.8 Å². The van der Waals surface area contributed by atoms with Gasteiger partial charge in [-0.2, -0.15) is 0 Å². The van der Waals surface area contributed by atoms with Crippen molar-refractivity contribution in [2.24, 2.45) is 0 Å². The van der Waals surface area contributed by atoms with Crippen molar-refractivity contribution in [3.05, 3.63) is 18.7 Å². The van der Waals surface area contributed by atoms with Crippen molar-refractivity contribution in [3.8, 4) is 0 Å². The molecule has 20 heavy (non-hydrogen) atoms. The van der Waals surface area contributed by atoms with E-state index in [0.717, 1.165) is 45.8 Å². The summed E-state index contributed by atoms with van der Waals surface area (Å²) in [6, 6.07) is 0.0291. The van der Waals surface area contributed by atoms with Gasteiger partial charge in [0.1, 0.15) is 6.33 Å². The second kappa shape index (κ2) is 6.37. The maximum atomic E-state index is 12.3. The summed E-state index contributed by atoms with van der Waals surface area (Å²) in [5.41, 5.74) is 0. The van der Waals surface area contributed by atoms with Crippen LogP contribution in [0.1, 0.15) is 19.3 Å². The van der Waals surface area contributed by atoms with Crippen LogP contribution in [0.5, 0.6) is 0 Å². The van der Waals surface area contributed by atoms with Gasteiger partial charge in [-0.3, -0.25) is 9.47 Å². The molecule has 0 N–H and O–H groups in total. The normalized spacial score (nSPS) is 24.8. The topological polar surface area (TPSA) is 50.6 Å². The number of carbonyl (C=O) groups excluding carboxylic acids is 1. The minimum atomic E-state index is 0.0291. The van der Waals surface area contributed by atoms with Gasteiger partial charge in [0.15, 0.2) is 0 Å². The van der Waals surface area contributed by atoms with E-state index < -0.39 is 0 Å². The number of imidazole rings is 1. The Kier molecular flexibility index (Phi) is 4.32. The Labute approximate surface area is 119 Å². The van der Waals surface area contributed by atoms with Crippen molar-refractivity contribution in [1.29, 1.82) is 0 Å². The standard InChI is InChI=1S/C14H22N4O2/c19-14(18-7-4-15-12-18)17-6-2-5-16(8-9-17)11-13-3-1-10-20-13/h4,7,12-13H,1-3,5-6,8-11H2. The van der Waals surface area contributed by atoms with Gasteiger partial charge >= 0.3 is 6.03 Å². The van der Waals surface area contributed by atoms with Gasteiger partial charge in [-0.25, -0.2) is 9.78 Å². The van der Waals surface area contributed by atoms with Crippen LogP contribution in [0.2, 0.25) is 0 Å². The maximum absolute atomic E-state index is 12.3. The van der Waals surface area contributed by atoms with Crippen LogP contribution in [0.3, 0.4) is 0 Å². The Balaban J connectivity index is 1.52. The van der Waals surface area contributed by atoms with E-state index in [1.54, 1.807) is 23.3 Å². The molecule has 2 fully saturated rings. The Morgan fingerprint density at radius 3 is 2.95 bits per heavy atom. The van der Waals surface area contributed by atoms with Crippen LogP contribution in [0.25, 0.3) is 0 Å². The van der Waals surface area contributed by atoms with E-state index in [4.69, 9.17) is 4.74 Å². The van der Waals surface area contributed by atoms with Crippen molar-refractivity contribution in [2.45, 2.75) is 25.4 Å². The summed E-state index contributed by atoms with van der Waals surface area (Å²) in [7, 11) is 0. The third-order valence-electron chi connectivity index (χ3n) is 4.07. The molecule has 1 unspecified atom stereocenters. The molecule has 0 spiro atoms. The second-order valence-corrected chi connectivity index (χ2v) is 5.53. The number of nitrogens with zero attached hydrogens (tertiary/aromatic N) is 4. The summed E-state index contributed by atoms with van der Waals surface area (Å²) in [5, 5.41) is 0. The van der Waals surface area contributed by atoms with E-state index in [-0.39, 0.29) is 6.03 Å². The minimum Gasteiger partial charge on any atom is -0.377 e. The first-order valence-corrected chi connectivity index (χ1v) is 7.44. The lowest BCUT2D eigenvalue weighted by Gasteiger charge is -2.24. The zero-order valence-electron chi connectivity index (χ0n) is 11.8. The molecule has 0 bridgehead atoms. The van der Waals surface area contributed by atoms with Gasteiger partial charge in [-0.15, -0.1) is 0 Å². The molecule has 6 nitrogen and oxygen atoms in total. The van der Waals surface area contributed by atoms with Gasteiger partial charge < -0.3 is 9.64 Å². The van der Waals surface area contributed by atoms with Crippen molar-refractivity contribution in [2.75, 3.05) is 39.3 Å². The molecule has 2 aliphatic rings. The molecule has 1 amide bonds. The molecule has 3 heterocycles. The van der Waals surface area contributed by atoms with E-state index >= 15 is 0 Å². The third-order valence-corrected chi connectivity index (χ3v) is 4.07. The highest BCUT2D eigenvalue weighted by atomic mass is 16.5. The van der Waals surface area contributed by atoms with Gasteiger partial charge in [0, 0.05) is 45.2 Å².